The highest BCUT2D eigenvalue weighted by Crippen LogP contribution is 2.24. The molecule has 18 heavy (non-hydrogen) atoms. The van der Waals surface area contributed by atoms with Crippen LogP contribution in [0.15, 0.2) is 24.3 Å². The summed E-state index contributed by atoms with van der Waals surface area (Å²) in [6, 6.07) is 3.69. The first-order valence-electron chi connectivity index (χ1n) is 5.04. The molecule has 1 rings (SSSR count). The number of ether oxygens (including phenoxy) is 1. The lowest BCUT2D eigenvalue weighted by Gasteiger charge is -2.08. The highest BCUT2D eigenvalue weighted by Gasteiger charge is 2.11. The normalized spacial score (nSPS) is 11.2. The maximum atomic E-state index is 13.4. The molecule has 0 amide bonds. The molecule has 0 unspecified atom stereocenters. The second kappa shape index (κ2) is 7.10. The summed E-state index contributed by atoms with van der Waals surface area (Å²) < 4.78 is 41.9. The second-order valence-electron chi connectivity index (χ2n) is 3.24. The smallest absolute Gasteiger partial charge is 0.387 e. The minimum atomic E-state index is -3.01. The molecule has 6 heteroatoms. The van der Waals surface area contributed by atoms with E-state index in [-0.39, 0.29) is 16.4 Å². The van der Waals surface area contributed by atoms with Crippen LogP contribution in [-0.2, 0) is 4.79 Å². The first kappa shape index (κ1) is 14.6. The Kier molecular flexibility index (Phi) is 5.77. The van der Waals surface area contributed by atoms with E-state index in [1.165, 1.54) is 31.2 Å². The SMILES string of the molecule is CC(=O)SCC=Cc1c(F)cccc1OC(F)F. The fourth-order valence-electron chi connectivity index (χ4n) is 1.21. The van der Waals surface area contributed by atoms with Crippen LogP contribution in [0.4, 0.5) is 13.2 Å². The molecule has 98 valence electrons. The number of benzene rings is 1. The van der Waals surface area contributed by atoms with Gasteiger partial charge in [-0.3, -0.25) is 4.79 Å². The van der Waals surface area contributed by atoms with Gasteiger partial charge in [-0.05, 0) is 12.1 Å². The van der Waals surface area contributed by atoms with Crippen LogP contribution in [0.1, 0.15) is 12.5 Å². The highest BCUT2D eigenvalue weighted by atomic mass is 32.2. The summed E-state index contributed by atoms with van der Waals surface area (Å²) in [4.78, 5) is 10.7. The average molecular weight is 276 g/mol. The quantitative estimate of drug-likeness (QED) is 0.820. The number of carbonyl (C=O) groups is 1. The van der Waals surface area contributed by atoms with Gasteiger partial charge in [0.15, 0.2) is 5.12 Å². The maximum Gasteiger partial charge on any atom is 0.387 e. The third-order valence-electron chi connectivity index (χ3n) is 1.90. The van der Waals surface area contributed by atoms with E-state index in [1.54, 1.807) is 0 Å². The monoisotopic (exact) mass is 276 g/mol. The Morgan fingerprint density at radius 3 is 2.83 bits per heavy atom. The Labute approximate surface area is 107 Å². The second-order valence-corrected chi connectivity index (χ2v) is 4.43. The molecule has 0 aromatic heterocycles. The Balaban J connectivity index is 2.82. The van der Waals surface area contributed by atoms with Crippen molar-refractivity contribution in [3.05, 3.63) is 35.7 Å². The van der Waals surface area contributed by atoms with Crippen LogP contribution in [0.3, 0.4) is 0 Å². The molecule has 0 saturated carbocycles. The van der Waals surface area contributed by atoms with Gasteiger partial charge in [0.05, 0.1) is 5.56 Å². The van der Waals surface area contributed by atoms with Crippen LogP contribution in [-0.4, -0.2) is 17.5 Å². The van der Waals surface area contributed by atoms with Crippen LogP contribution in [0.5, 0.6) is 5.75 Å². The fourth-order valence-corrected chi connectivity index (χ4v) is 1.64. The van der Waals surface area contributed by atoms with Crippen molar-refractivity contribution >= 4 is 23.0 Å². The predicted molar refractivity (Wildman–Crippen MR) is 65.2 cm³/mol. The number of carbonyl (C=O) groups excluding carboxylic acids is 1. The van der Waals surface area contributed by atoms with E-state index >= 15 is 0 Å². The molecule has 0 atom stereocenters. The van der Waals surface area contributed by atoms with Gasteiger partial charge in [0.25, 0.3) is 0 Å². The zero-order valence-electron chi connectivity index (χ0n) is 9.53. The maximum absolute atomic E-state index is 13.4. The molecule has 1 aromatic rings. The van der Waals surface area contributed by atoms with Gasteiger partial charge in [0.1, 0.15) is 11.6 Å². The van der Waals surface area contributed by atoms with Crippen molar-refractivity contribution in [3.8, 4) is 5.75 Å². The fraction of sp³-hybridized carbons (Fsp3) is 0.250. The molecule has 2 nitrogen and oxygen atoms in total. The number of thioether (sulfide) groups is 1. The third-order valence-corrected chi connectivity index (χ3v) is 2.66. The molecule has 0 N–H and O–H groups in total. The van der Waals surface area contributed by atoms with Gasteiger partial charge in [-0.25, -0.2) is 4.39 Å². The van der Waals surface area contributed by atoms with Gasteiger partial charge in [-0.15, -0.1) is 0 Å². The minimum Gasteiger partial charge on any atom is -0.434 e. The number of alkyl halides is 2. The van der Waals surface area contributed by atoms with E-state index in [1.807, 2.05) is 0 Å². The van der Waals surface area contributed by atoms with Gasteiger partial charge in [0, 0.05) is 12.7 Å². The minimum absolute atomic E-state index is 0.0537. The van der Waals surface area contributed by atoms with Gasteiger partial charge in [0.2, 0.25) is 0 Å². The standard InChI is InChI=1S/C12H11F3O2S/c1-8(16)18-7-3-4-9-10(13)5-2-6-11(9)17-12(14)15/h2-6,12H,7H2,1H3. The van der Waals surface area contributed by atoms with Crippen molar-refractivity contribution in [2.75, 3.05) is 5.75 Å². The molecule has 0 aliphatic heterocycles. The molecule has 0 aliphatic rings. The number of halogens is 3. The topological polar surface area (TPSA) is 26.3 Å². The summed E-state index contributed by atoms with van der Waals surface area (Å²) in [6.07, 6.45) is 2.84. The van der Waals surface area contributed by atoms with Crippen molar-refractivity contribution in [2.24, 2.45) is 0 Å². The van der Waals surface area contributed by atoms with Crippen molar-refractivity contribution in [3.63, 3.8) is 0 Å². The molecule has 0 fully saturated rings. The Hall–Kier alpha value is -1.43. The first-order chi connectivity index (χ1) is 8.50. The molecule has 0 bridgehead atoms. The number of rotatable bonds is 5. The lowest BCUT2D eigenvalue weighted by molar-refractivity contribution is -0.109. The molecule has 0 radical (unpaired) electrons. The van der Waals surface area contributed by atoms with Gasteiger partial charge in [-0.1, -0.05) is 30.0 Å². The Morgan fingerprint density at radius 1 is 1.50 bits per heavy atom. The lowest BCUT2D eigenvalue weighted by Crippen LogP contribution is -2.04. The molecule has 0 spiro atoms. The van der Waals surface area contributed by atoms with E-state index in [2.05, 4.69) is 4.74 Å². The largest absolute Gasteiger partial charge is 0.434 e. The molecule has 0 aliphatic carbocycles. The summed E-state index contributed by atoms with van der Waals surface area (Å²) in [5, 5.41) is -0.0720. The van der Waals surface area contributed by atoms with E-state index in [9.17, 15) is 18.0 Å². The predicted octanol–water partition coefficient (Wildman–Crippen LogP) is 3.72. The van der Waals surface area contributed by atoms with Gasteiger partial charge in [-0.2, -0.15) is 8.78 Å². The average Bonchev–Trinajstić information content (AvgIpc) is 2.26. The van der Waals surface area contributed by atoms with E-state index in [0.29, 0.717) is 5.75 Å². The van der Waals surface area contributed by atoms with E-state index in [0.717, 1.165) is 17.8 Å². The summed E-state index contributed by atoms with van der Waals surface area (Å²) in [6.45, 7) is -1.60. The van der Waals surface area contributed by atoms with Crippen LogP contribution >= 0.6 is 11.8 Å². The number of hydrogen-bond donors (Lipinski definition) is 0. The molecular formula is C12H11F3O2S. The van der Waals surface area contributed by atoms with Crippen molar-refractivity contribution in [1.82, 2.24) is 0 Å². The molecule has 1 aromatic carbocycles. The van der Waals surface area contributed by atoms with E-state index < -0.39 is 12.4 Å². The summed E-state index contributed by atoms with van der Waals surface area (Å²) in [5.74, 6) is -0.538. The van der Waals surface area contributed by atoms with Crippen LogP contribution < -0.4 is 4.74 Å². The molecular weight excluding hydrogens is 265 g/mol. The number of hydrogen-bond acceptors (Lipinski definition) is 3. The van der Waals surface area contributed by atoms with Crippen molar-refractivity contribution < 1.29 is 22.7 Å². The van der Waals surface area contributed by atoms with E-state index in [4.69, 9.17) is 0 Å². The van der Waals surface area contributed by atoms with Gasteiger partial charge < -0.3 is 4.74 Å². The van der Waals surface area contributed by atoms with Crippen LogP contribution in [0.25, 0.3) is 6.08 Å². The zero-order chi connectivity index (χ0) is 13.5. The summed E-state index contributed by atoms with van der Waals surface area (Å²) in [7, 11) is 0. The van der Waals surface area contributed by atoms with Crippen molar-refractivity contribution in [2.45, 2.75) is 13.5 Å². The molecule has 0 heterocycles. The zero-order valence-corrected chi connectivity index (χ0v) is 10.3. The Bertz CT molecular complexity index is 447. The van der Waals surface area contributed by atoms with Crippen LogP contribution in [0, 0.1) is 5.82 Å². The highest BCUT2D eigenvalue weighted by molar-refractivity contribution is 8.13. The summed E-state index contributed by atoms with van der Waals surface area (Å²) in [5.41, 5.74) is -0.0537. The van der Waals surface area contributed by atoms with Gasteiger partial charge >= 0.3 is 6.61 Å². The first-order valence-corrected chi connectivity index (χ1v) is 6.02. The van der Waals surface area contributed by atoms with Crippen LogP contribution in [0.2, 0.25) is 0 Å². The third kappa shape index (κ3) is 4.83. The Morgan fingerprint density at radius 2 is 2.22 bits per heavy atom. The van der Waals surface area contributed by atoms with Crippen molar-refractivity contribution in [1.29, 1.82) is 0 Å². The molecule has 0 saturated heterocycles. The lowest BCUT2D eigenvalue weighted by atomic mass is 10.2. The summed E-state index contributed by atoms with van der Waals surface area (Å²) >= 11 is 1.04.